The Morgan fingerprint density at radius 3 is 2.59 bits per heavy atom. The SMILES string of the molecule is CC1CCN(C(=O)NC(C)CCS(C)=O)CC1. The highest BCUT2D eigenvalue weighted by molar-refractivity contribution is 7.84. The maximum atomic E-state index is 11.9. The number of piperidine rings is 1. The number of carbonyl (C=O) groups excluding carboxylic acids is 1. The average molecular weight is 260 g/mol. The van der Waals surface area contributed by atoms with Gasteiger partial charge in [0.1, 0.15) is 0 Å². The van der Waals surface area contributed by atoms with Crippen molar-refractivity contribution in [1.82, 2.24) is 10.2 Å². The fourth-order valence-corrected chi connectivity index (χ4v) is 2.61. The van der Waals surface area contributed by atoms with Gasteiger partial charge in [0.05, 0.1) is 0 Å². The molecular weight excluding hydrogens is 236 g/mol. The summed E-state index contributed by atoms with van der Waals surface area (Å²) < 4.78 is 11.0. The van der Waals surface area contributed by atoms with Crippen LogP contribution in [-0.4, -0.2) is 46.3 Å². The van der Waals surface area contributed by atoms with Crippen LogP contribution in [0.4, 0.5) is 4.79 Å². The first-order chi connectivity index (χ1) is 7.99. The van der Waals surface area contributed by atoms with E-state index in [4.69, 9.17) is 0 Å². The fraction of sp³-hybridized carbons (Fsp3) is 0.917. The van der Waals surface area contributed by atoms with Crippen LogP contribution >= 0.6 is 0 Å². The molecule has 0 aromatic carbocycles. The Morgan fingerprint density at radius 1 is 1.47 bits per heavy atom. The third-order valence-electron chi connectivity index (χ3n) is 3.28. The van der Waals surface area contributed by atoms with Crippen molar-refractivity contribution in [1.29, 1.82) is 0 Å². The second kappa shape index (κ2) is 6.99. The second-order valence-corrected chi connectivity index (χ2v) is 6.64. The molecule has 0 aromatic rings. The molecule has 5 heteroatoms. The first kappa shape index (κ1) is 14.5. The largest absolute Gasteiger partial charge is 0.336 e. The molecule has 0 aromatic heterocycles. The summed E-state index contributed by atoms with van der Waals surface area (Å²) in [7, 11) is -0.775. The minimum atomic E-state index is -0.775. The van der Waals surface area contributed by atoms with Crippen LogP contribution in [0.25, 0.3) is 0 Å². The van der Waals surface area contributed by atoms with Gasteiger partial charge in [0, 0.05) is 41.9 Å². The molecular formula is C12H24N2O2S. The number of rotatable bonds is 4. The maximum absolute atomic E-state index is 11.9. The minimum absolute atomic E-state index is 0.0336. The Bertz CT molecular complexity index is 276. The Kier molecular flexibility index (Phi) is 5.95. The summed E-state index contributed by atoms with van der Waals surface area (Å²) in [6, 6.07) is 0.136. The molecule has 1 saturated heterocycles. The molecule has 1 heterocycles. The molecule has 1 N–H and O–H groups in total. The monoisotopic (exact) mass is 260 g/mol. The van der Waals surface area contributed by atoms with Gasteiger partial charge in [0.2, 0.25) is 0 Å². The Hall–Kier alpha value is -0.580. The number of urea groups is 1. The van der Waals surface area contributed by atoms with Gasteiger partial charge < -0.3 is 10.2 Å². The topological polar surface area (TPSA) is 49.4 Å². The molecule has 100 valence electrons. The van der Waals surface area contributed by atoms with Crippen LogP contribution in [0.3, 0.4) is 0 Å². The normalized spacial score (nSPS) is 21.0. The van der Waals surface area contributed by atoms with Gasteiger partial charge in [-0.1, -0.05) is 6.92 Å². The van der Waals surface area contributed by atoms with Crippen molar-refractivity contribution in [3.63, 3.8) is 0 Å². The van der Waals surface area contributed by atoms with Crippen molar-refractivity contribution in [2.45, 2.75) is 39.2 Å². The first-order valence-corrected chi connectivity index (χ1v) is 8.07. The highest BCUT2D eigenvalue weighted by Crippen LogP contribution is 2.15. The summed E-state index contributed by atoms with van der Waals surface area (Å²) >= 11 is 0. The van der Waals surface area contributed by atoms with Gasteiger partial charge in [-0.15, -0.1) is 0 Å². The van der Waals surface area contributed by atoms with Crippen molar-refractivity contribution < 1.29 is 9.00 Å². The van der Waals surface area contributed by atoms with Gasteiger partial charge in [-0.05, 0) is 32.1 Å². The third-order valence-corrected chi connectivity index (χ3v) is 4.09. The Morgan fingerprint density at radius 2 is 2.06 bits per heavy atom. The van der Waals surface area contributed by atoms with Crippen molar-refractivity contribution in [3.8, 4) is 0 Å². The molecule has 1 aliphatic heterocycles. The molecule has 0 spiro atoms. The van der Waals surface area contributed by atoms with Gasteiger partial charge in [-0.25, -0.2) is 4.79 Å². The molecule has 2 unspecified atom stereocenters. The van der Waals surface area contributed by atoms with Crippen molar-refractivity contribution >= 4 is 16.8 Å². The van der Waals surface area contributed by atoms with Crippen LogP contribution in [0.15, 0.2) is 0 Å². The molecule has 0 aliphatic carbocycles. The Labute approximate surface area is 107 Å². The van der Waals surface area contributed by atoms with E-state index in [1.807, 2.05) is 11.8 Å². The summed E-state index contributed by atoms with van der Waals surface area (Å²) in [5.41, 5.74) is 0. The van der Waals surface area contributed by atoms with Crippen LogP contribution in [-0.2, 0) is 10.8 Å². The Balaban J connectivity index is 2.26. The molecule has 2 atom stereocenters. The highest BCUT2D eigenvalue weighted by atomic mass is 32.2. The van der Waals surface area contributed by atoms with Gasteiger partial charge in [0.15, 0.2) is 0 Å². The van der Waals surface area contributed by atoms with Gasteiger partial charge >= 0.3 is 6.03 Å². The molecule has 1 fully saturated rings. The van der Waals surface area contributed by atoms with E-state index in [0.717, 1.165) is 38.3 Å². The standard InChI is InChI=1S/C12H24N2O2S/c1-10-4-7-14(8-5-10)12(15)13-11(2)6-9-17(3)16/h10-11H,4-9H2,1-3H3,(H,13,15). The molecule has 0 radical (unpaired) electrons. The first-order valence-electron chi connectivity index (χ1n) is 6.34. The minimum Gasteiger partial charge on any atom is -0.336 e. The van der Waals surface area contributed by atoms with Crippen LogP contribution in [0, 0.1) is 5.92 Å². The van der Waals surface area contributed by atoms with E-state index in [0.29, 0.717) is 5.75 Å². The van der Waals surface area contributed by atoms with E-state index in [-0.39, 0.29) is 12.1 Å². The van der Waals surface area contributed by atoms with E-state index < -0.39 is 10.8 Å². The number of hydrogen-bond donors (Lipinski definition) is 1. The fourth-order valence-electron chi connectivity index (χ4n) is 1.93. The summed E-state index contributed by atoms with van der Waals surface area (Å²) in [6.07, 6.45) is 4.67. The predicted octanol–water partition coefficient (Wildman–Crippen LogP) is 1.58. The second-order valence-electron chi connectivity index (χ2n) is 5.09. The lowest BCUT2D eigenvalue weighted by Gasteiger charge is -2.31. The van der Waals surface area contributed by atoms with Crippen LogP contribution < -0.4 is 5.32 Å². The summed E-state index contributed by atoms with van der Waals surface area (Å²) in [5, 5.41) is 2.97. The molecule has 0 saturated carbocycles. The van der Waals surface area contributed by atoms with E-state index >= 15 is 0 Å². The third kappa shape index (κ3) is 5.52. The molecule has 4 nitrogen and oxygen atoms in total. The van der Waals surface area contributed by atoms with Gasteiger partial charge in [-0.2, -0.15) is 0 Å². The number of likely N-dealkylation sites (tertiary alicyclic amines) is 1. The molecule has 1 rings (SSSR count). The number of hydrogen-bond acceptors (Lipinski definition) is 2. The zero-order valence-electron chi connectivity index (χ0n) is 11.1. The highest BCUT2D eigenvalue weighted by Gasteiger charge is 2.21. The van der Waals surface area contributed by atoms with E-state index in [9.17, 15) is 9.00 Å². The molecule has 1 aliphatic rings. The zero-order chi connectivity index (χ0) is 12.8. The molecule has 2 amide bonds. The summed E-state index contributed by atoms with van der Waals surface area (Å²) in [5.74, 6) is 1.39. The number of nitrogens with one attached hydrogen (secondary N) is 1. The van der Waals surface area contributed by atoms with Gasteiger partial charge in [-0.3, -0.25) is 4.21 Å². The van der Waals surface area contributed by atoms with E-state index in [1.54, 1.807) is 6.26 Å². The van der Waals surface area contributed by atoms with Crippen LogP contribution in [0.5, 0.6) is 0 Å². The van der Waals surface area contributed by atoms with E-state index in [1.165, 1.54) is 0 Å². The quantitative estimate of drug-likeness (QED) is 0.834. The van der Waals surface area contributed by atoms with Crippen LogP contribution in [0.1, 0.15) is 33.1 Å². The molecule has 17 heavy (non-hydrogen) atoms. The summed E-state index contributed by atoms with van der Waals surface area (Å²) in [6.45, 7) is 5.92. The maximum Gasteiger partial charge on any atom is 0.317 e. The predicted molar refractivity (Wildman–Crippen MR) is 71.5 cm³/mol. The number of amides is 2. The smallest absolute Gasteiger partial charge is 0.317 e. The van der Waals surface area contributed by atoms with Crippen molar-refractivity contribution in [3.05, 3.63) is 0 Å². The summed E-state index contributed by atoms with van der Waals surface area (Å²) in [4.78, 5) is 13.8. The van der Waals surface area contributed by atoms with Crippen LogP contribution in [0.2, 0.25) is 0 Å². The van der Waals surface area contributed by atoms with E-state index in [2.05, 4.69) is 12.2 Å². The van der Waals surface area contributed by atoms with Gasteiger partial charge in [0.25, 0.3) is 0 Å². The zero-order valence-corrected chi connectivity index (χ0v) is 11.9. The lowest BCUT2D eigenvalue weighted by molar-refractivity contribution is 0.171. The average Bonchev–Trinajstić information content (AvgIpc) is 2.27. The lowest BCUT2D eigenvalue weighted by Crippen LogP contribution is -2.47. The number of nitrogens with zero attached hydrogens (tertiary/aromatic N) is 1. The molecule has 0 bridgehead atoms. The lowest BCUT2D eigenvalue weighted by atomic mass is 10.00. The number of carbonyl (C=O) groups is 1. The van der Waals surface area contributed by atoms with Crippen molar-refractivity contribution in [2.24, 2.45) is 5.92 Å². The van der Waals surface area contributed by atoms with Crippen molar-refractivity contribution in [2.75, 3.05) is 25.1 Å².